The molecule has 0 aliphatic carbocycles. The Morgan fingerprint density at radius 3 is 2.33 bits per heavy atom. The third-order valence-corrected chi connectivity index (χ3v) is 5.99. The van der Waals surface area contributed by atoms with Crippen LogP contribution < -0.4 is 4.72 Å². The van der Waals surface area contributed by atoms with Crippen LogP contribution in [0.1, 0.15) is 25.5 Å². The molecule has 0 atom stereocenters. The average molecular weight is 415 g/mol. The molecule has 3 rings (SSSR count). The van der Waals surface area contributed by atoms with Crippen LogP contribution in [0.25, 0.3) is 10.6 Å². The number of benzene rings is 1. The quantitative estimate of drug-likeness (QED) is 0.637. The van der Waals surface area contributed by atoms with Crippen LogP contribution >= 0.6 is 11.3 Å². The van der Waals surface area contributed by atoms with Gasteiger partial charge in [0.25, 0.3) is 10.0 Å². The van der Waals surface area contributed by atoms with E-state index >= 15 is 0 Å². The molecule has 10 heteroatoms. The lowest BCUT2D eigenvalue weighted by atomic mass is 10.2. The summed E-state index contributed by atoms with van der Waals surface area (Å²) in [4.78, 5) is 0.653. The summed E-state index contributed by atoms with van der Waals surface area (Å²) >= 11 is 1.35. The first-order chi connectivity index (χ1) is 12.6. The number of aromatic nitrogens is 2. The summed E-state index contributed by atoms with van der Waals surface area (Å²) in [6.45, 7) is 3.73. The van der Waals surface area contributed by atoms with Gasteiger partial charge in [-0.25, -0.2) is 8.42 Å². The van der Waals surface area contributed by atoms with Crippen molar-refractivity contribution in [3.63, 3.8) is 0 Å². The summed E-state index contributed by atoms with van der Waals surface area (Å²) in [6.07, 6.45) is -3.06. The second-order valence-corrected chi connectivity index (χ2v) is 8.67. The highest BCUT2D eigenvalue weighted by atomic mass is 32.2. The van der Waals surface area contributed by atoms with Gasteiger partial charge in [0.15, 0.2) is 0 Å². The Morgan fingerprint density at radius 2 is 1.81 bits per heavy atom. The molecule has 0 saturated heterocycles. The van der Waals surface area contributed by atoms with E-state index in [1.54, 1.807) is 12.1 Å². The smallest absolute Gasteiger partial charge is 0.280 e. The average Bonchev–Trinajstić information content (AvgIpc) is 3.23. The normalized spacial score (nSPS) is 12.5. The highest BCUT2D eigenvalue weighted by Crippen LogP contribution is 2.33. The van der Waals surface area contributed by atoms with Crippen LogP contribution in [0.2, 0.25) is 0 Å². The van der Waals surface area contributed by atoms with Gasteiger partial charge in [-0.2, -0.15) is 18.3 Å². The van der Waals surface area contributed by atoms with Crippen molar-refractivity contribution in [3.8, 4) is 10.6 Å². The van der Waals surface area contributed by atoms with E-state index in [1.165, 1.54) is 22.2 Å². The lowest BCUT2D eigenvalue weighted by molar-refractivity contribution is -0.137. The monoisotopic (exact) mass is 415 g/mol. The molecule has 27 heavy (non-hydrogen) atoms. The first-order valence-electron chi connectivity index (χ1n) is 7.91. The van der Waals surface area contributed by atoms with E-state index in [-0.39, 0.29) is 16.6 Å². The third-order valence-electron chi connectivity index (χ3n) is 3.74. The lowest BCUT2D eigenvalue weighted by Gasteiger charge is -2.10. The zero-order valence-electron chi connectivity index (χ0n) is 14.4. The summed E-state index contributed by atoms with van der Waals surface area (Å²) in [6, 6.07) is 7.31. The summed E-state index contributed by atoms with van der Waals surface area (Å²) in [5, 5.41) is 6.17. The Kier molecular flexibility index (Phi) is 5.04. The van der Waals surface area contributed by atoms with Gasteiger partial charge in [0.2, 0.25) is 0 Å². The molecule has 1 N–H and O–H groups in total. The molecule has 0 spiro atoms. The van der Waals surface area contributed by atoms with Gasteiger partial charge in [-0.05, 0) is 49.6 Å². The van der Waals surface area contributed by atoms with E-state index in [1.807, 2.05) is 19.2 Å². The molecule has 144 valence electrons. The van der Waals surface area contributed by atoms with E-state index in [2.05, 4.69) is 9.82 Å². The fourth-order valence-corrected chi connectivity index (χ4v) is 4.35. The number of nitrogens with one attached hydrogen (secondary N) is 1. The van der Waals surface area contributed by atoms with Crippen molar-refractivity contribution >= 4 is 27.0 Å². The van der Waals surface area contributed by atoms with Crippen LogP contribution in [0.4, 0.5) is 18.9 Å². The van der Waals surface area contributed by atoms with Crippen molar-refractivity contribution in [1.82, 2.24) is 9.78 Å². The van der Waals surface area contributed by atoms with E-state index in [4.69, 9.17) is 0 Å². The second-order valence-electron chi connectivity index (χ2n) is 6.07. The predicted octanol–water partition coefficient (Wildman–Crippen LogP) is 5.01. The van der Waals surface area contributed by atoms with Crippen molar-refractivity contribution in [2.75, 3.05) is 4.72 Å². The molecule has 0 radical (unpaired) electrons. The van der Waals surface area contributed by atoms with Crippen LogP contribution in [0.5, 0.6) is 0 Å². The number of thiophene rings is 1. The Labute approximate surface area is 158 Å². The van der Waals surface area contributed by atoms with Crippen molar-refractivity contribution in [2.45, 2.75) is 31.0 Å². The van der Waals surface area contributed by atoms with E-state index < -0.39 is 21.8 Å². The molecular formula is C17H16F3N3O2S2. The molecule has 5 nitrogen and oxygen atoms in total. The van der Waals surface area contributed by atoms with E-state index in [9.17, 15) is 21.6 Å². The Balaban J connectivity index is 1.97. The van der Waals surface area contributed by atoms with Gasteiger partial charge in [-0.15, -0.1) is 11.3 Å². The molecule has 0 fully saturated rings. The highest BCUT2D eigenvalue weighted by Gasteiger charge is 2.30. The zero-order chi connectivity index (χ0) is 19.8. The number of rotatable bonds is 5. The summed E-state index contributed by atoms with van der Waals surface area (Å²) < 4.78 is 67.6. The standard InChI is InChI=1S/C17H16F3N3O2S2/c1-11(2)23-10-15(16(21-23)14-4-3-9-26-14)27(24,25)22-13-7-5-12(6-8-13)17(18,19)20/h3-11,22H,1-2H3. The van der Waals surface area contributed by atoms with Gasteiger partial charge in [0.1, 0.15) is 10.6 Å². The summed E-state index contributed by atoms with van der Waals surface area (Å²) in [5.41, 5.74) is -0.507. The van der Waals surface area contributed by atoms with Gasteiger partial charge in [-0.1, -0.05) is 6.07 Å². The Morgan fingerprint density at radius 1 is 1.15 bits per heavy atom. The molecule has 1 aromatic carbocycles. The molecule has 0 aliphatic rings. The van der Waals surface area contributed by atoms with Crippen LogP contribution in [0, 0.1) is 0 Å². The largest absolute Gasteiger partial charge is 0.416 e. The van der Waals surface area contributed by atoms with Crippen molar-refractivity contribution in [2.24, 2.45) is 0 Å². The maximum Gasteiger partial charge on any atom is 0.416 e. The molecule has 0 amide bonds. The Hall–Kier alpha value is -2.33. The van der Waals surface area contributed by atoms with Crippen LogP contribution in [-0.4, -0.2) is 18.2 Å². The van der Waals surface area contributed by atoms with Crippen molar-refractivity contribution < 1.29 is 21.6 Å². The second kappa shape index (κ2) is 7.01. The van der Waals surface area contributed by atoms with E-state index in [0.717, 1.165) is 24.3 Å². The van der Waals surface area contributed by atoms with Crippen LogP contribution in [0.3, 0.4) is 0 Å². The third kappa shape index (κ3) is 4.16. The van der Waals surface area contributed by atoms with Crippen molar-refractivity contribution in [3.05, 3.63) is 53.5 Å². The fourth-order valence-electron chi connectivity index (χ4n) is 2.36. The van der Waals surface area contributed by atoms with Crippen LogP contribution in [0.15, 0.2) is 52.9 Å². The minimum Gasteiger partial charge on any atom is -0.280 e. The lowest BCUT2D eigenvalue weighted by Crippen LogP contribution is -2.13. The minimum absolute atomic E-state index is 0.0291. The molecule has 0 bridgehead atoms. The van der Waals surface area contributed by atoms with Crippen molar-refractivity contribution in [1.29, 1.82) is 0 Å². The first kappa shape index (κ1) is 19.4. The number of alkyl halides is 3. The number of sulfonamides is 1. The molecule has 3 aromatic rings. The fraction of sp³-hybridized carbons (Fsp3) is 0.235. The molecule has 0 aliphatic heterocycles. The number of halogens is 3. The van der Waals surface area contributed by atoms with Gasteiger partial charge < -0.3 is 0 Å². The molecular weight excluding hydrogens is 399 g/mol. The maximum absolute atomic E-state index is 12.9. The highest BCUT2D eigenvalue weighted by molar-refractivity contribution is 7.92. The van der Waals surface area contributed by atoms with Gasteiger partial charge in [0.05, 0.1) is 10.4 Å². The summed E-state index contributed by atoms with van der Waals surface area (Å²) in [5.74, 6) is 0. The number of nitrogens with zero attached hydrogens (tertiary/aromatic N) is 2. The Bertz CT molecular complexity index is 1020. The van der Waals surface area contributed by atoms with Gasteiger partial charge in [0, 0.05) is 17.9 Å². The predicted molar refractivity (Wildman–Crippen MR) is 98.2 cm³/mol. The van der Waals surface area contributed by atoms with E-state index in [0.29, 0.717) is 10.6 Å². The number of anilines is 1. The SMILES string of the molecule is CC(C)n1cc(S(=O)(=O)Nc2ccc(C(F)(F)F)cc2)c(-c2cccs2)n1. The van der Waals surface area contributed by atoms with Gasteiger partial charge in [-0.3, -0.25) is 9.40 Å². The topological polar surface area (TPSA) is 64.0 Å². The molecule has 2 heterocycles. The molecule has 2 aromatic heterocycles. The number of hydrogen-bond acceptors (Lipinski definition) is 4. The molecule has 0 saturated carbocycles. The zero-order valence-corrected chi connectivity index (χ0v) is 16.0. The maximum atomic E-state index is 12.9. The molecule has 0 unspecified atom stereocenters. The van der Waals surface area contributed by atoms with Gasteiger partial charge >= 0.3 is 6.18 Å². The first-order valence-corrected chi connectivity index (χ1v) is 10.3. The van der Waals surface area contributed by atoms with Crippen LogP contribution in [-0.2, 0) is 16.2 Å². The minimum atomic E-state index is -4.48. The number of hydrogen-bond donors (Lipinski definition) is 1. The summed E-state index contributed by atoms with van der Waals surface area (Å²) in [7, 11) is -4.04.